The van der Waals surface area contributed by atoms with Crippen molar-refractivity contribution in [2.45, 2.75) is 12.3 Å². The zero-order chi connectivity index (χ0) is 20.8. The topological polar surface area (TPSA) is 28.6 Å². The lowest BCUT2D eigenvalue weighted by Gasteiger charge is -2.38. The highest BCUT2D eigenvalue weighted by Gasteiger charge is 2.23. The molecule has 0 N–H and O–H groups in total. The summed E-state index contributed by atoms with van der Waals surface area (Å²) in [4.78, 5) is 9.52. The summed E-state index contributed by atoms with van der Waals surface area (Å²) in [6.07, 6.45) is 2.70. The maximum Gasteiger partial charge on any atom is 0.142 e. The molecule has 4 rings (SSSR count). The molecule has 2 heterocycles. The Morgan fingerprint density at radius 1 is 0.933 bits per heavy atom. The monoisotopic (exact) mass is 405 g/mol. The summed E-state index contributed by atoms with van der Waals surface area (Å²) in [5, 5.41) is 0. The molecule has 1 aromatic heterocycles. The van der Waals surface area contributed by atoms with Crippen LogP contribution < -0.4 is 9.64 Å². The molecule has 0 saturated carbocycles. The van der Waals surface area contributed by atoms with Crippen LogP contribution in [0.1, 0.15) is 17.2 Å². The Labute approximate surface area is 177 Å². The summed E-state index contributed by atoms with van der Waals surface area (Å²) in [5.41, 5.74) is 3.39. The van der Waals surface area contributed by atoms with E-state index in [4.69, 9.17) is 4.74 Å². The van der Waals surface area contributed by atoms with Gasteiger partial charge >= 0.3 is 0 Å². The van der Waals surface area contributed by atoms with Crippen LogP contribution in [0.3, 0.4) is 0 Å². The smallest absolute Gasteiger partial charge is 0.142 e. The van der Waals surface area contributed by atoms with Crippen molar-refractivity contribution in [1.82, 2.24) is 9.88 Å². The number of nitrogens with zero attached hydrogens (tertiary/aromatic N) is 3. The van der Waals surface area contributed by atoms with Crippen LogP contribution >= 0.6 is 0 Å². The van der Waals surface area contributed by atoms with E-state index in [2.05, 4.69) is 33.0 Å². The van der Waals surface area contributed by atoms with Crippen molar-refractivity contribution < 1.29 is 9.13 Å². The van der Waals surface area contributed by atoms with E-state index >= 15 is 0 Å². The molecule has 0 aliphatic carbocycles. The molecule has 1 aliphatic heterocycles. The van der Waals surface area contributed by atoms with Gasteiger partial charge in [0.25, 0.3) is 0 Å². The van der Waals surface area contributed by atoms with Crippen LogP contribution in [0.4, 0.5) is 10.1 Å². The van der Waals surface area contributed by atoms with Gasteiger partial charge in [-0.25, -0.2) is 4.39 Å². The average molecular weight is 406 g/mol. The number of benzene rings is 2. The van der Waals surface area contributed by atoms with Crippen LogP contribution in [0.2, 0.25) is 0 Å². The lowest BCUT2D eigenvalue weighted by molar-refractivity contribution is 0.239. The first-order valence-electron chi connectivity index (χ1n) is 10.5. The summed E-state index contributed by atoms with van der Waals surface area (Å²) < 4.78 is 18.8. The number of rotatable bonds is 7. The predicted octanol–water partition coefficient (Wildman–Crippen LogP) is 4.38. The van der Waals surface area contributed by atoms with Gasteiger partial charge in [0.15, 0.2) is 0 Å². The molecule has 1 aliphatic rings. The number of piperazine rings is 1. The van der Waals surface area contributed by atoms with Crippen molar-refractivity contribution in [2.75, 3.05) is 44.7 Å². The number of hydrogen-bond donors (Lipinski definition) is 0. The molecular formula is C25H28FN3O. The van der Waals surface area contributed by atoms with Gasteiger partial charge in [-0.05, 0) is 48.4 Å². The Morgan fingerprint density at radius 3 is 2.37 bits per heavy atom. The van der Waals surface area contributed by atoms with Crippen molar-refractivity contribution in [3.05, 3.63) is 90.0 Å². The van der Waals surface area contributed by atoms with Gasteiger partial charge < -0.3 is 9.64 Å². The standard InChI is InChI=1S/C25H28FN3O/c1-30-25-8-3-2-7-24(25)29-16-14-28(15-17-29)19-21(23-6-4-5-13-27-23)18-20-9-11-22(26)12-10-20/h2-13,21H,14-19H2,1H3. The fourth-order valence-electron chi connectivity index (χ4n) is 4.16. The second-order valence-electron chi connectivity index (χ2n) is 7.74. The number of ether oxygens (including phenoxy) is 1. The van der Waals surface area contributed by atoms with Gasteiger partial charge in [0.2, 0.25) is 0 Å². The van der Waals surface area contributed by atoms with Crippen molar-refractivity contribution in [3.63, 3.8) is 0 Å². The lowest BCUT2D eigenvalue weighted by atomic mass is 9.94. The molecule has 5 heteroatoms. The fourth-order valence-corrected chi connectivity index (χ4v) is 4.16. The summed E-state index contributed by atoms with van der Waals surface area (Å²) in [6.45, 7) is 4.85. The number of para-hydroxylation sites is 2. The number of halogens is 1. The Bertz CT molecular complexity index is 925. The first-order chi connectivity index (χ1) is 14.7. The quantitative estimate of drug-likeness (QED) is 0.583. The summed E-state index contributed by atoms with van der Waals surface area (Å²) in [6, 6.07) is 21.1. The average Bonchev–Trinajstić information content (AvgIpc) is 2.81. The van der Waals surface area contributed by atoms with Crippen molar-refractivity contribution in [2.24, 2.45) is 0 Å². The maximum absolute atomic E-state index is 13.3. The number of anilines is 1. The molecule has 156 valence electrons. The zero-order valence-electron chi connectivity index (χ0n) is 17.4. The van der Waals surface area contributed by atoms with Crippen molar-refractivity contribution >= 4 is 5.69 Å². The number of aromatic nitrogens is 1. The number of methoxy groups -OCH3 is 1. The SMILES string of the molecule is COc1ccccc1N1CCN(CC(Cc2ccc(F)cc2)c2ccccn2)CC1. The zero-order valence-corrected chi connectivity index (χ0v) is 17.4. The Balaban J connectivity index is 1.43. The van der Waals surface area contributed by atoms with Gasteiger partial charge in [0, 0.05) is 50.5 Å². The molecule has 3 aromatic rings. The largest absolute Gasteiger partial charge is 0.495 e. The summed E-state index contributed by atoms with van der Waals surface area (Å²) >= 11 is 0. The molecule has 30 heavy (non-hydrogen) atoms. The van der Waals surface area contributed by atoms with Crippen molar-refractivity contribution in [1.29, 1.82) is 0 Å². The number of pyridine rings is 1. The van der Waals surface area contributed by atoms with Crippen molar-refractivity contribution in [3.8, 4) is 5.75 Å². The Hall–Kier alpha value is -2.92. The minimum absolute atomic E-state index is 0.194. The van der Waals surface area contributed by atoms with Gasteiger partial charge in [-0.2, -0.15) is 0 Å². The first-order valence-corrected chi connectivity index (χ1v) is 10.5. The lowest BCUT2D eigenvalue weighted by Crippen LogP contribution is -2.47. The molecule has 1 atom stereocenters. The fraction of sp³-hybridized carbons (Fsp3) is 0.320. The van der Waals surface area contributed by atoms with Crippen LogP contribution in [-0.4, -0.2) is 49.7 Å². The third-order valence-corrected chi connectivity index (χ3v) is 5.78. The van der Waals surface area contributed by atoms with Crippen LogP contribution in [0.25, 0.3) is 0 Å². The number of hydrogen-bond acceptors (Lipinski definition) is 4. The van der Waals surface area contributed by atoms with Gasteiger partial charge in [0.1, 0.15) is 11.6 Å². The highest BCUT2D eigenvalue weighted by molar-refractivity contribution is 5.58. The normalized spacial score (nSPS) is 15.7. The maximum atomic E-state index is 13.3. The van der Waals surface area contributed by atoms with E-state index in [0.717, 1.165) is 61.8 Å². The van der Waals surface area contributed by atoms with Gasteiger partial charge in [-0.1, -0.05) is 30.3 Å². The summed E-state index contributed by atoms with van der Waals surface area (Å²) in [5.74, 6) is 1.00. The van der Waals surface area contributed by atoms with Gasteiger partial charge in [-0.3, -0.25) is 9.88 Å². The molecule has 1 saturated heterocycles. The second kappa shape index (κ2) is 9.72. The third kappa shape index (κ3) is 4.97. The predicted molar refractivity (Wildman–Crippen MR) is 119 cm³/mol. The van der Waals surface area contributed by atoms with Crippen LogP contribution in [0, 0.1) is 5.82 Å². The minimum atomic E-state index is -0.194. The van der Waals surface area contributed by atoms with Crippen LogP contribution in [0.15, 0.2) is 72.9 Å². The van der Waals surface area contributed by atoms with E-state index in [1.807, 2.05) is 42.6 Å². The van der Waals surface area contributed by atoms with E-state index in [1.165, 1.54) is 12.1 Å². The highest BCUT2D eigenvalue weighted by Crippen LogP contribution is 2.29. The van der Waals surface area contributed by atoms with E-state index in [-0.39, 0.29) is 11.7 Å². The molecule has 1 fully saturated rings. The van der Waals surface area contributed by atoms with Crippen LogP contribution in [-0.2, 0) is 6.42 Å². The Morgan fingerprint density at radius 2 is 1.67 bits per heavy atom. The second-order valence-corrected chi connectivity index (χ2v) is 7.74. The third-order valence-electron chi connectivity index (χ3n) is 5.78. The van der Waals surface area contributed by atoms with E-state index < -0.39 is 0 Å². The molecular weight excluding hydrogens is 377 g/mol. The summed E-state index contributed by atoms with van der Waals surface area (Å²) in [7, 11) is 1.72. The van der Waals surface area contributed by atoms with E-state index in [0.29, 0.717) is 0 Å². The highest BCUT2D eigenvalue weighted by atomic mass is 19.1. The van der Waals surface area contributed by atoms with Gasteiger partial charge in [-0.15, -0.1) is 0 Å². The molecule has 1 unspecified atom stereocenters. The van der Waals surface area contributed by atoms with Gasteiger partial charge in [0.05, 0.1) is 12.8 Å². The minimum Gasteiger partial charge on any atom is -0.495 e. The molecule has 0 bridgehead atoms. The molecule has 2 aromatic carbocycles. The molecule has 4 nitrogen and oxygen atoms in total. The van der Waals surface area contributed by atoms with Crippen LogP contribution in [0.5, 0.6) is 5.75 Å². The van der Waals surface area contributed by atoms with E-state index in [9.17, 15) is 4.39 Å². The molecule has 0 spiro atoms. The van der Waals surface area contributed by atoms with E-state index in [1.54, 1.807) is 7.11 Å². The Kier molecular flexibility index (Phi) is 6.60. The first kappa shape index (κ1) is 20.4. The molecule has 0 radical (unpaired) electrons. The molecule has 0 amide bonds.